The van der Waals surface area contributed by atoms with Crippen molar-refractivity contribution >= 4 is 5.91 Å². The number of hydrogen-bond donors (Lipinski definition) is 0. The molecule has 5 heteroatoms. The van der Waals surface area contributed by atoms with Crippen molar-refractivity contribution < 1.29 is 13.9 Å². The summed E-state index contributed by atoms with van der Waals surface area (Å²) in [6.45, 7) is 7.35. The number of methoxy groups -OCH3 is 1. The first-order chi connectivity index (χ1) is 10.0. The molecule has 1 amide bonds. The largest absolute Gasteiger partial charge is 0.497 e. The molecule has 4 nitrogen and oxygen atoms in total. The van der Waals surface area contributed by atoms with E-state index in [1.165, 1.54) is 6.07 Å². The highest BCUT2D eigenvalue weighted by Crippen LogP contribution is 2.19. The van der Waals surface area contributed by atoms with E-state index in [1.807, 2.05) is 18.7 Å². The van der Waals surface area contributed by atoms with Crippen LogP contribution in [0.25, 0.3) is 0 Å². The number of nitrogens with zero attached hydrogens (tertiary/aromatic N) is 2. The number of carbonyl (C=O) groups excluding carboxylic acids is 1. The predicted molar refractivity (Wildman–Crippen MR) is 79.6 cm³/mol. The Bertz CT molecular complexity index is 497. The Kier molecular flexibility index (Phi) is 5.17. The molecule has 1 aliphatic heterocycles. The average molecular weight is 294 g/mol. The van der Waals surface area contributed by atoms with E-state index in [0.717, 1.165) is 13.1 Å². The molecule has 1 aromatic rings. The van der Waals surface area contributed by atoms with Gasteiger partial charge in [0.05, 0.1) is 7.11 Å². The topological polar surface area (TPSA) is 32.8 Å². The van der Waals surface area contributed by atoms with Gasteiger partial charge >= 0.3 is 0 Å². The zero-order valence-corrected chi connectivity index (χ0v) is 12.9. The second-order valence-electron chi connectivity index (χ2n) is 5.71. The first-order valence-corrected chi connectivity index (χ1v) is 7.35. The summed E-state index contributed by atoms with van der Waals surface area (Å²) in [5.74, 6) is 0.686. The van der Waals surface area contributed by atoms with Crippen molar-refractivity contribution in [3.63, 3.8) is 0 Å². The maximum Gasteiger partial charge on any atom is 0.225 e. The summed E-state index contributed by atoms with van der Waals surface area (Å²) in [5, 5.41) is 0. The van der Waals surface area contributed by atoms with Crippen molar-refractivity contribution in [2.45, 2.75) is 20.4 Å². The quantitative estimate of drug-likeness (QED) is 0.853. The smallest absolute Gasteiger partial charge is 0.225 e. The molecule has 0 radical (unpaired) electrons. The third-order valence-electron chi connectivity index (χ3n) is 3.82. The van der Waals surface area contributed by atoms with Gasteiger partial charge in [-0.25, -0.2) is 4.39 Å². The lowest BCUT2D eigenvalue weighted by Gasteiger charge is -2.35. The molecule has 0 atom stereocenters. The molecule has 1 heterocycles. The van der Waals surface area contributed by atoms with E-state index in [0.29, 0.717) is 30.9 Å². The van der Waals surface area contributed by atoms with Gasteiger partial charge in [-0.1, -0.05) is 13.8 Å². The van der Waals surface area contributed by atoms with Crippen LogP contribution < -0.4 is 4.74 Å². The first-order valence-electron chi connectivity index (χ1n) is 7.35. The average Bonchev–Trinajstić information content (AvgIpc) is 2.49. The van der Waals surface area contributed by atoms with Crippen LogP contribution in [0.15, 0.2) is 18.2 Å². The second-order valence-corrected chi connectivity index (χ2v) is 5.71. The van der Waals surface area contributed by atoms with E-state index in [2.05, 4.69) is 4.90 Å². The van der Waals surface area contributed by atoms with Gasteiger partial charge < -0.3 is 9.64 Å². The molecule has 0 N–H and O–H groups in total. The van der Waals surface area contributed by atoms with Crippen LogP contribution in [0.1, 0.15) is 19.4 Å². The first kappa shape index (κ1) is 15.8. The standard InChI is InChI=1S/C16H23FN2O2/c1-12(2)16(20)19-8-6-18(7-9-19)11-13-10-14(21-3)4-5-15(13)17/h4-5,10,12H,6-9,11H2,1-3H3. The number of hydrogen-bond acceptors (Lipinski definition) is 3. The van der Waals surface area contributed by atoms with Gasteiger partial charge in [-0.15, -0.1) is 0 Å². The Morgan fingerprint density at radius 2 is 1.95 bits per heavy atom. The van der Waals surface area contributed by atoms with Crippen LogP contribution in [0.4, 0.5) is 4.39 Å². The molecular weight excluding hydrogens is 271 g/mol. The maximum atomic E-state index is 13.8. The molecular formula is C16H23FN2O2. The van der Waals surface area contributed by atoms with E-state index in [1.54, 1.807) is 19.2 Å². The molecule has 1 aromatic carbocycles. The highest BCUT2D eigenvalue weighted by atomic mass is 19.1. The minimum absolute atomic E-state index is 0.0346. The molecule has 0 unspecified atom stereocenters. The third kappa shape index (κ3) is 3.94. The lowest BCUT2D eigenvalue weighted by atomic mass is 10.1. The summed E-state index contributed by atoms with van der Waals surface area (Å²) in [5.41, 5.74) is 0.637. The number of halogens is 1. The van der Waals surface area contributed by atoms with Gasteiger partial charge in [-0.05, 0) is 18.2 Å². The van der Waals surface area contributed by atoms with Gasteiger partial charge in [0.2, 0.25) is 5.91 Å². The SMILES string of the molecule is COc1ccc(F)c(CN2CCN(C(=O)C(C)C)CC2)c1. The van der Waals surface area contributed by atoms with Crippen LogP contribution in [0.5, 0.6) is 5.75 Å². The molecule has 116 valence electrons. The van der Waals surface area contributed by atoms with Gasteiger partial charge in [0.1, 0.15) is 11.6 Å². The number of piperazine rings is 1. The van der Waals surface area contributed by atoms with Crippen molar-refractivity contribution in [2.75, 3.05) is 33.3 Å². The fourth-order valence-electron chi connectivity index (χ4n) is 2.53. The summed E-state index contributed by atoms with van der Waals surface area (Å²) in [4.78, 5) is 16.0. The molecule has 2 rings (SSSR count). The van der Waals surface area contributed by atoms with Crippen LogP contribution in [0, 0.1) is 11.7 Å². The number of carbonyl (C=O) groups is 1. The monoisotopic (exact) mass is 294 g/mol. The van der Waals surface area contributed by atoms with E-state index in [4.69, 9.17) is 4.74 Å². The van der Waals surface area contributed by atoms with Crippen LogP contribution in [0.3, 0.4) is 0 Å². The van der Waals surface area contributed by atoms with E-state index in [-0.39, 0.29) is 17.6 Å². The number of amides is 1. The molecule has 21 heavy (non-hydrogen) atoms. The van der Waals surface area contributed by atoms with Gasteiger partial charge in [-0.2, -0.15) is 0 Å². The van der Waals surface area contributed by atoms with Crippen molar-refractivity contribution in [1.82, 2.24) is 9.80 Å². The van der Waals surface area contributed by atoms with Crippen molar-refractivity contribution in [3.05, 3.63) is 29.6 Å². The van der Waals surface area contributed by atoms with Crippen molar-refractivity contribution in [1.29, 1.82) is 0 Å². The summed E-state index contributed by atoms with van der Waals surface area (Å²) in [6.07, 6.45) is 0. The van der Waals surface area contributed by atoms with Crippen LogP contribution in [0.2, 0.25) is 0 Å². The minimum Gasteiger partial charge on any atom is -0.497 e. The maximum absolute atomic E-state index is 13.8. The molecule has 1 aliphatic rings. The number of rotatable bonds is 4. The van der Waals surface area contributed by atoms with Crippen molar-refractivity contribution in [2.24, 2.45) is 5.92 Å². The van der Waals surface area contributed by atoms with Gasteiger partial charge in [0, 0.05) is 44.2 Å². The van der Waals surface area contributed by atoms with Crippen LogP contribution in [-0.4, -0.2) is 49.0 Å². The van der Waals surface area contributed by atoms with Gasteiger partial charge in [0.25, 0.3) is 0 Å². The van der Waals surface area contributed by atoms with Crippen LogP contribution in [-0.2, 0) is 11.3 Å². The lowest BCUT2D eigenvalue weighted by molar-refractivity contribution is -0.136. The highest BCUT2D eigenvalue weighted by Gasteiger charge is 2.23. The number of benzene rings is 1. The van der Waals surface area contributed by atoms with Gasteiger partial charge in [0.15, 0.2) is 0 Å². The minimum atomic E-state index is -0.212. The summed E-state index contributed by atoms with van der Waals surface area (Å²) >= 11 is 0. The van der Waals surface area contributed by atoms with E-state index in [9.17, 15) is 9.18 Å². The molecule has 1 fully saturated rings. The fraction of sp³-hybridized carbons (Fsp3) is 0.562. The highest BCUT2D eigenvalue weighted by molar-refractivity contribution is 5.78. The summed E-state index contributed by atoms with van der Waals surface area (Å²) in [7, 11) is 1.58. The number of ether oxygens (including phenoxy) is 1. The normalized spacial score (nSPS) is 16.3. The third-order valence-corrected chi connectivity index (χ3v) is 3.82. The summed E-state index contributed by atoms with van der Waals surface area (Å²) < 4.78 is 19.0. The zero-order valence-electron chi connectivity index (χ0n) is 12.9. The molecule has 0 saturated carbocycles. The Labute approximate surface area is 125 Å². The molecule has 0 aromatic heterocycles. The predicted octanol–water partition coefficient (Wildman–Crippen LogP) is 2.13. The Balaban J connectivity index is 1.93. The second kappa shape index (κ2) is 6.89. The summed E-state index contributed by atoms with van der Waals surface area (Å²) in [6, 6.07) is 4.80. The Hall–Kier alpha value is -1.62. The van der Waals surface area contributed by atoms with Crippen LogP contribution >= 0.6 is 0 Å². The van der Waals surface area contributed by atoms with E-state index < -0.39 is 0 Å². The molecule has 0 spiro atoms. The van der Waals surface area contributed by atoms with Crippen molar-refractivity contribution in [3.8, 4) is 5.75 Å². The van der Waals surface area contributed by atoms with E-state index >= 15 is 0 Å². The van der Waals surface area contributed by atoms with Gasteiger partial charge in [-0.3, -0.25) is 9.69 Å². The molecule has 0 bridgehead atoms. The Morgan fingerprint density at radius 3 is 2.52 bits per heavy atom. The molecule has 1 saturated heterocycles. The Morgan fingerprint density at radius 1 is 1.29 bits per heavy atom. The lowest BCUT2D eigenvalue weighted by Crippen LogP contribution is -2.49. The fourth-order valence-corrected chi connectivity index (χ4v) is 2.53. The molecule has 0 aliphatic carbocycles. The zero-order chi connectivity index (χ0) is 15.4.